The number of thiophene rings is 1. The van der Waals surface area contributed by atoms with E-state index in [9.17, 15) is 9.59 Å². The number of likely N-dealkylation sites (tertiary alicyclic amines) is 1. The summed E-state index contributed by atoms with van der Waals surface area (Å²) in [7, 11) is 1.69. The van der Waals surface area contributed by atoms with Gasteiger partial charge in [-0.05, 0) is 47.3 Å². The molecule has 0 radical (unpaired) electrons. The van der Waals surface area contributed by atoms with Gasteiger partial charge >= 0.3 is 0 Å². The summed E-state index contributed by atoms with van der Waals surface area (Å²) in [6.45, 7) is 1.70. The Morgan fingerprint density at radius 2 is 2.14 bits per heavy atom. The van der Waals surface area contributed by atoms with Gasteiger partial charge in [0, 0.05) is 32.2 Å². The third-order valence-corrected chi connectivity index (χ3v) is 5.99. The Morgan fingerprint density at radius 1 is 1.36 bits per heavy atom. The van der Waals surface area contributed by atoms with E-state index in [1.807, 2.05) is 11.0 Å². The summed E-state index contributed by atoms with van der Waals surface area (Å²) < 4.78 is 0.921. The van der Waals surface area contributed by atoms with Crippen molar-refractivity contribution in [2.75, 3.05) is 26.7 Å². The first-order valence-corrected chi connectivity index (χ1v) is 9.18. The number of carbonyl (C=O) groups is 2. The van der Waals surface area contributed by atoms with Gasteiger partial charge < -0.3 is 15.1 Å². The Hall–Kier alpha value is -0.920. The van der Waals surface area contributed by atoms with Gasteiger partial charge in [0.25, 0.3) is 5.91 Å². The predicted molar refractivity (Wildman–Crippen MR) is 90.1 cm³/mol. The molecule has 0 spiro atoms. The molecule has 0 saturated carbocycles. The highest BCUT2D eigenvalue weighted by Crippen LogP contribution is 2.23. The van der Waals surface area contributed by atoms with Crippen molar-refractivity contribution < 1.29 is 9.59 Å². The van der Waals surface area contributed by atoms with Crippen LogP contribution in [0.4, 0.5) is 0 Å². The molecule has 7 heteroatoms. The summed E-state index contributed by atoms with van der Waals surface area (Å²) in [4.78, 5) is 28.9. The normalized spacial score (nSPS) is 24.2. The summed E-state index contributed by atoms with van der Waals surface area (Å²) in [5.41, 5.74) is 0. The second-order valence-corrected chi connectivity index (χ2v) is 8.49. The number of nitrogens with zero attached hydrogens (tertiary/aromatic N) is 2. The van der Waals surface area contributed by atoms with Crippen molar-refractivity contribution >= 4 is 39.1 Å². The molecule has 3 heterocycles. The molecule has 2 aliphatic heterocycles. The number of carbonyl (C=O) groups excluding carboxylic acids is 2. The third kappa shape index (κ3) is 3.52. The number of amides is 2. The SMILES string of the molecule is CN(CC(=O)N1CCC2CCC(C1)N2)C(=O)c1ccc(Br)s1. The average Bonchev–Trinajstić information content (AvgIpc) is 3.03. The first-order chi connectivity index (χ1) is 10.5. The summed E-state index contributed by atoms with van der Waals surface area (Å²) in [6, 6.07) is 4.62. The maximum Gasteiger partial charge on any atom is 0.264 e. The van der Waals surface area contributed by atoms with Crippen molar-refractivity contribution in [3.05, 3.63) is 20.8 Å². The van der Waals surface area contributed by atoms with E-state index in [4.69, 9.17) is 0 Å². The van der Waals surface area contributed by atoms with Crippen LogP contribution in [-0.4, -0.2) is 60.4 Å². The van der Waals surface area contributed by atoms with Crippen molar-refractivity contribution in [2.45, 2.75) is 31.3 Å². The van der Waals surface area contributed by atoms with E-state index in [1.165, 1.54) is 22.7 Å². The van der Waals surface area contributed by atoms with Gasteiger partial charge in [-0.25, -0.2) is 0 Å². The van der Waals surface area contributed by atoms with Crippen LogP contribution in [0.2, 0.25) is 0 Å². The van der Waals surface area contributed by atoms with E-state index in [1.54, 1.807) is 13.1 Å². The average molecular weight is 386 g/mol. The summed E-state index contributed by atoms with van der Waals surface area (Å²) in [6.07, 6.45) is 3.38. The summed E-state index contributed by atoms with van der Waals surface area (Å²) in [5.74, 6) is -0.0562. The molecule has 5 nitrogen and oxygen atoms in total. The number of nitrogens with one attached hydrogen (secondary N) is 1. The van der Waals surface area contributed by atoms with Crippen molar-refractivity contribution in [3.8, 4) is 0 Å². The van der Waals surface area contributed by atoms with E-state index >= 15 is 0 Å². The molecule has 2 aliphatic rings. The second-order valence-electron chi connectivity index (χ2n) is 6.03. The lowest BCUT2D eigenvalue weighted by Gasteiger charge is -2.26. The van der Waals surface area contributed by atoms with Gasteiger partial charge in [-0.15, -0.1) is 11.3 Å². The van der Waals surface area contributed by atoms with Crippen LogP contribution in [0.1, 0.15) is 28.9 Å². The lowest BCUT2D eigenvalue weighted by atomic mass is 10.1. The Morgan fingerprint density at radius 3 is 2.86 bits per heavy atom. The Bertz CT molecular complexity index is 577. The standard InChI is InChI=1S/C15H20BrN3O2S/c1-18(15(21)12-4-5-13(16)22-12)9-14(20)19-7-6-10-2-3-11(8-19)17-10/h4-5,10-11,17H,2-3,6-9H2,1H3. The fourth-order valence-electron chi connectivity index (χ4n) is 3.16. The van der Waals surface area contributed by atoms with Crippen LogP contribution in [-0.2, 0) is 4.79 Å². The molecule has 3 rings (SSSR count). The van der Waals surface area contributed by atoms with Crippen LogP contribution in [0.5, 0.6) is 0 Å². The largest absolute Gasteiger partial charge is 0.340 e. The monoisotopic (exact) mass is 385 g/mol. The second kappa shape index (κ2) is 6.68. The lowest BCUT2D eigenvalue weighted by Crippen LogP contribution is -2.44. The highest BCUT2D eigenvalue weighted by atomic mass is 79.9. The van der Waals surface area contributed by atoms with Gasteiger partial charge in [0.15, 0.2) is 0 Å². The highest BCUT2D eigenvalue weighted by Gasteiger charge is 2.31. The van der Waals surface area contributed by atoms with Crippen molar-refractivity contribution in [1.82, 2.24) is 15.1 Å². The van der Waals surface area contributed by atoms with E-state index in [0.29, 0.717) is 17.0 Å². The Balaban J connectivity index is 1.57. The number of hydrogen-bond donors (Lipinski definition) is 1. The van der Waals surface area contributed by atoms with Gasteiger partial charge in [0.05, 0.1) is 15.2 Å². The molecule has 2 amide bonds. The van der Waals surface area contributed by atoms with Crippen LogP contribution in [0.15, 0.2) is 15.9 Å². The fourth-order valence-corrected chi connectivity index (χ4v) is 4.54. The van der Waals surface area contributed by atoms with Gasteiger partial charge in [-0.1, -0.05) is 0 Å². The molecule has 1 aromatic rings. The number of likely N-dealkylation sites (N-methyl/N-ethyl adjacent to an activating group) is 1. The molecule has 120 valence electrons. The van der Waals surface area contributed by atoms with Crippen LogP contribution in [0.3, 0.4) is 0 Å². The topological polar surface area (TPSA) is 52.7 Å². The lowest BCUT2D eigenvalue weighted by molar-refractivity contribution is -0.131. The molecule has 2 saturated heterocycles. The maximum absolute atomic E-state index is 12.5. The van der Waals surface area contributed by atoms with Crippen molar-refractivity contribution in [1.29, 1.82) is 0 Å². The Kier molecular flexibility index (Phi) is 4.84. The first-order valence-electron chi connectivity index (χ1n) is 7.57. The molecule has 1 aromatic heterocycles. The number of hydrogen-bond acceptors (Lipinski definition) is 4. The van der Waals surface area contributed by atoms with Crippen molar-refractivity contribution in [2.24, 2.45) is 0 Å². The van der Waals surface area contributed by atoms with Crippen LogP contribution in [0, 0.1) is 0 Å². The van der Waals surface area contributed by atoms with Crippen molar-refractivity contribution in [3.63, 3.8) is 0 Å². The summed E-state index contributed by atoms with van der Waals surface area (Å²) >= 11 is 4.75. The van der Waals surface area contributed by atoms with E-state index < -0.39 is 0 Å². The minimum absolute atomic E-state index is 0.0424. The smallest absolute Gasteiger partial charge is 0.264 e. The molecule has 22 heavy (non-hydrogen) atoms. The van der Waals surface area contributed by atoms with E-state index in [-0.39, 0.29) is 18.4 Å². The van der Waals surface area contributed by atoms with E-state index in [0.717, 1.165) is 29.7 Å². The van der Waals surface area contributed by atoms with Crippen LogP contribution >= 0.6 is 27.3 Å². The van der Waals surface area contributed by atoms with Gasteiger partial charge in [0.2, 0.25) is 5.91 Å². The minimum atomic E-state index is -0.0986. The van der Waals surface area contributed by atoms with Gasteiger partial charge in [-0.2, -0.15) is 0 Å². The fraction of sp³-hybridized carbons (Fsp3) is 0.600. The molecule has 0 aliphatic carbocycles. The molecular formula is C15H20BrN3O2S. The zero-order chi connectivity index (χ0) is 15.7. The summed E-state index contributed by atoms with van der Waals surface area (Å²) in [5, 5.41) is 3.56. The molecule has 2 unspecified atom stereocenters. The third-order valence-electron chi connectivity index (χ3n) is 4.38. The molecule has 1 N–H and O–H groups in total. The van der Waals surface area contributed by atoms with Crippen LogP contribution in [0.25, 0.3) is 0 Å². The predicted octanol–water partition coefficient (Wildman–Crippen LogP) is 1.94. The zero-order valence-electron chi connectivity index (χ0n) is 12.5. The zero-order valence-corrected chi connectivity index (χ0v) is 15.0. The van der Waals surface area contributed by atoms with Gasteiger partial charge in [-0.3, -0.25) is 9.59 Å². The molecule has 2 bridgehead atoms. The number of halogens is 1. The minimum Gasteiger partial charge on any atom is -0.340 e. The maximum atomic E-state index is 12.5. The number of fused-ring (bicyclic) bond motifs is 2. The first kappa shape index (κ1) is 16.0. The van der Waals surface area contributed by atoms with Crippen LogP contribution < -0.4 is 5.32 Å². The number of rotatable bonds is 3. The molecule has 2 fully saturated rings. The van der Waals surface area contributed by atoms with E-state index in [2.05, 4.69) is 21.2 Å². The molecular weight excluding hydrogens is 366 g/mol. The quantitative estimate of drug-likeness (QED) is 0.864. The Labute approximate surface area is 142 Å². The molecule has 2 atom stereocenters. The molecule has 0 aromatic carbocycles. The van der Waals surface area contributed by atoms with Gasteiger partial charge in [0.1, 0.15) is 0 Å². The highest BCUT2D eigenvalue weighted by molar-refractivity contribution is 9.11.